The standard InChI is InChI=1S/C42H27NOS/c1-2-9-28(10-3-1)29-17-20-32(21-18-29)43(34-22-23-36-35-13-4-6-15-39(35)44-40(36)27-34)33-12-8-11-30(25-33)31-19-24-42-38(26-31)37-14-5-7-16-41(37)45-42/h1-27H. The van der Waals surface area contributed by atoms with Crippen molar-refractivity contribution in [2.75, 3.05) is 4.90 Å². The number of hydrogen-bond donors (Lipinski definition) is 0. The van der Waals surface area contributed by atoms with Gasteiger partial charge in [0.25, 0.3) is 0 Å². The predicted octanol–water partition coefficient (Wildman–Crippen LogP) is 12.8. The Morgan fingerprint density at radius 2 is 0.978 bits per heavy atom. The molecule has 0 aliphatic carbocycles. The van der Waals surface area contributed by atoms with Crippen LogP contribution in [0.2, 0.25) is 0 Å². The van der Waals surface area contributed by atoms with Crippen LogP contribution >= 0.6 is 11.3 Å². The van der Waals surface area contributed by atoms with Crippen LogP contribution in [0.3, 0.4) is 0 Å². The molecule has 7 aromatic carbocycles. The molecular weight excluding hydrogens is 567 g/mol. The van der Waals surface area contributed by atoms with E-state index in [2.05, 4.69) is 157 Å². The first kappa shape index (κ1) is 25.8. The molecule has 2 aromatic heterocycles. The summed E-state index contributed by atoms with van der Waals surface area (Å²) in [7, 11) is 0. The molecule has 3 heteroatoms. The van der Waals surface area contributed by atoms with Gasteiger partial charge in [-0.2, -0.15) is 0 Å². The fourth-order valence-electron chi connectivity index (χ4n) is 6.46. The molecule has 0 aliphatic rings. The Balaban J connectivity index is 1.19. The van der Waals surface area contributed by atoms with E-state index in [1.54, 1.807) is 0 Å². The number of thiophene rings is 1. The third-order valence-corrected chi connectivity index (χ3v) is 9.82. The molecule has 0 N–H and O–H groups in total. The lowest BCUT2D eigenvalue weighted by Gasteiger charge is -2.26. The zero-order chi connectivity index (χ0) is 29.7. The molecule has 0 bridgehead atoms. The number of hydrogen-bond acceptors (Lipinski definition) is 3. The van der Waals surface area contributed by atoms with Gasteiger partial charge in [-0.15, -0.1) is 11.3 Å². The van der Waals surface area contributed by atoms with Gasteiger partial charge in [0.15, 0.2) is 0 Å². The average molecular weight is 594 g/mol. The minimum absolute atomic E-state index is 0.880. The molecule has 9 rings (SSSR count). The third kappa shape index (κ3) is 4.48. The van der Waals surface area contributed by atoms with Crippen LogP contribution in [0.15, 0.2) is 168 Å². The van der Waals surface area contributed by atoms with Gasteiger partial charge in [-0.25, -0.2) is 0 Å². The first-order valence-corrected chi connectivity index (χ1v) is 16.0. The monoisotopic (exact) mass is 593 g/mol. The quantitative estimate of drug-likeness (QED) is 0.197. The summed E-state index contributed by atoms with van der Waals surface area (Å²) >= 11 is 1.85. The van der Waals surface area contributed by atoms with Crippen molar-refractivity contribution >= 4 is 70.5 Å². The first-order chi connectivity index (χ1) is 22.3. The molecule has 0 spiro atoms. The second kappa shape index (κ2) is 10.5. The zero-order valence-electron chi connectivity index (χ0n) is 24.4. The van der Waals surface area contributed by atoms with E-state index in [-0.39, 0.29) is 0 Å². The van der Waals surface area contributed by atoms with Crippen molar-refractivity contribution in [3.05, 3.63) is 164 Å². The predicted molar refractivity (Wildman–Crippen MR) is 192 cm³/mol. The van der Waals surface area contributed by atoms with Gasteiger partial charge in [0.2, 0.25) is 0 Å². The lowest BCUT2D eigenvalue weighted by Crippen LogP contribution is -2.10. The minimum Gasteiger partial charge on any atom is -0.456 e. The second-order valence-corrected chi connectivity index (χ2v) is 12.5. The normalized spacial score (nSPS) is 11.6. The van der Waals surface area contributed by atoms with E-state index in [9.17, 15) is 0 Å². The van der Waals surface area contributed by atoms with Crippen LogP contribution in [0.5, 0.6) is 0 Å². The van der Waals surface area contributed by atoms with Gasteiger partial charge in [0.1, 0.15) is 11.2 Å². The highest BCUT2D eigenvalue weighted by molar-refractivity contribution is 7.25. The van der Waals surface area contributed by atoms with Crippen molar-refractivity contribution in [1.29, 1.82) is 0 Å². The van der Waals surface area contributed by atoms with Crippen molar-refractivity contribution in [3.63, 3.8) is 0 Å². The summed E-state index contributed by atoms with van der Waals surface area (Å²) in [5.41, 5.74) is 9.79. The number of benzene rings is 7. The van der Waals surface area contributed by atoms with Crippen LogP contribution in [0.25, 0.3) is 64.4 Å². The summed E-state index contributed by atoms with van der Waals surface area (Å²) in [4.78, 5) is 2.32. The van der Waals surface area contributed by atoms with Crippen molar-refractivity contribution in [2.24, 2.45) is 0 Å². The number of rotatable bonds is 5. The SMILES string of the molecule is c1ccc(-c2ccc(N(c3cccc(-c4ccc5sc6ccccc6c5c4)c3)c3ccc4c(c3)oc3ccccc34)cc2)cc1. The molecular formula is C42H27NOS. The Bertz CT molecular complexity index is 2490. The molecule has 0 amide bonds. The number of nitrogens with zero attached hydrogens (tertiary/aromatic N) is 1. The largest absolute Gasteiger partial charge is 0.456 e. The number of fused-ring (bicyclic) bond motifs is 6. The Labute approximate surface area is 265 Å². The third-order valence-electron chi connectivity index (χ3n) is 8.67. The molecule has 0 saturated carbocycles. The highest BCUT2D eigenvalue weighted by atomic mass is 32.1. The average Bonchev–Trinajstić information content (AvgIpc) is 3.67. The molecule has 2 heterocycles. The van der Waals surface area contributed by atoms with Crippen LogP contribution in [0.1, 0.15) is 0 Å². The van der Waals surface area contributed by atoms with E-state index in [0.717, 1.165) is 39.0 Å². The first-order valence-electron chi connectivity index (χ1n) is 15.2. The molecule has 0 radical (unpaired) electrons. The van der Waals surface area contributed by atoms with Crippen molar-refractivity contribution in [2.45, 2.75) is 0 Å². The van der Waals surface area contributed by atoms with Gasteiger partial charge < -0.3 is 9.32 Å². The lowest BCUT2D eigenvalue weighted by atomic mass is 10.0. The molecule has 2 nitrogen and oxygen atoms in total. The number of anilines is 3. The van der Waals surface area contributed by atoms with Gasteiger partial charge in [-0.3, -0.25) is 0 Å². The minimum atomic E-state index is 0.880. The van der Waals surface area contributed by atoms with E-state index in [0.29, 0.717) is 0 Å². The molecule has 0 unspecified atom stereocenters. The molecule has 0 aliphatic heterocycles. The zero-order valence-corrected chi connectivity index (χ0v) is 25.2. The number of para-hydroxylation sites is 1. The molecule has 0 atom stereocenters. The summed E-state index contributed by atoms with van der Waals surface area (Å²) in [5, 5.41) is 4.88. The van der Waals surface area contributed by atoms with Crippen LogP contribution in [0, 0.1) is 0 Å². The highest BCUT2D eigenvalue weighted by Gasteiger charge is 2.17. The van der Waals surface area contributed by atoms with Crippen LogP contribution in [-0.4, -0.2) is 0 Å². The van der Waals surface area contributed by atoms with Crippen LogP contribution in [0.4, 0.5) is 17.1 Å². The Morgan fingerprint density at radius 3 is 1.87 bits per heavy atom. The molecule has 212 valence electrons. The molecule has 9 aromatic rings. The maximum atomic E-state index is 6.33. The van der Waals surface area contributed by atoms with Crippen LogP contribution in [-0.2, 0) is 0 Å². The fourth-order valence-corrected chi connectivity index (χ4v) is 7.55. The smallest absolute Gasteiger partial charge is 0.137 e. The lowest BCUT2D eigenvalue weighted by molar-refractivity contribution is 0.669. The molecule has 45 heavy (non-hydrogen) atoms. The number of furan rings is 1. The maximum absolute atomic E-state index is 6.33. The van der Waals surface area contributed by atoms with E-state index in [1.807, 2.05) is 23.5 Å². The summed E-state index contributed by atoms with van der Waals surface area (Å²) in [5.74, 6) is 0. The topological polar surface area (TPSA) is 16.4 Å². The van der Waals surface area contributed by atoms with Gasteiger partial charge in [-0.05, 0) is 82.9 Å². The summed E-state index contributed by atoms with van der Waals surface area (Å²) in [6, 6.07) is 58.5. The van der Waals surface area contributed by atoms with Gasteiger partial charge in [0, 0.05) is 54.1 Å². The van der Waals surface area contributed by atoms with E-state index in [1.165, 1.54) is 42.4 Å². The highest BCUT2D eigenvalue weighted by Crippen LogP contribution is 2.41. The second-order valence-electron chi connectivity index (χ2n) is 11.4. The Kier molecular flexibility index (Phi) is 6.03. The van der Waals surface area contributed by atoms with Gasteiger partial charge in [-0.1, -0.05) is 97.1 Å². The summed E-state index contributed by atoms with van der Waals surface area (Å²) < 4.78 is 8.97. The summed E-state index contributed by atoms with van der Waals surface area (Å²) in [6.45, 7) is 0. The summed E-state index contributed by atoms with van der Waals surface area (Å²) in [6.07, 6.45) is 0. The van der Waals surface area contributed by atoms with Crippen molar-refractivity contribution in [3.8, 4) is 22.3 Å². The van der Waals surface area contributed by atoms with Gasteiger partial charge in [0.05, 0.1) is 0 Å². The fraction of sp³-hybridized carbons (Fsp3) is 0. The van der Waals surface area contributed by atoms with Crippen LogP contribution < -0.4 is 4.90 Å². The van der Waals surface area contributed by atoms with Crippen molar-refractivity contribution in [1.82, 2.24) is 0 Å². The van der Waals surface area contributed by atoms with E-state index in [4.69, 9.17) is 4.42 Å². The van der Waals surface area contributed by atoms with E-state index >= 15 is 0 Å². The Morgan fingerprint density at radius 1 is 0.356 bits per heavy atom. The Hall–Kier alpha value is -5.64. The van der Waals surface area contributed by atoms with Gasteiger partial charge >= 0.3 is 0 Å². The van der Waals surface area contributed by atoms with Crippen molar-refractivity contribution < 1.29 is 4.42 Å². The molecule has 0 fully saturated rings. The molecule has 0 saturated heterocycles. The van der Waals surface area contributed by atoms with E-state index < -0.39 is 0 Å². The maximum Gasteiger partial charge on any atom is 0.137 e.